The van der Waals surface area contributed by atoms with Gasteiger partial charge in [-0.25, -0.2) is 4.98 Å². The lowest BCUT2D eigenvalue weighted by atomic mass is 10.2. The Labute approximate surface area is 119 Å². The van der Waals surface area contributed by atoms with Gasteiger partial charge < -0.3 is 9.64 Å². The molecule has 1 rings (SSSR count). The van der Waals surface area contributed by atoms with Crippen molar-refractivity contribution < 1.29 is 9.53 Å². The second-order valence-corrected chi connectivity index (χ2v) is 5.63. The van der Waals surface area contributed by atoms with E-state index in [2.05, 4.69) is 30.7 Å². The molecule has 0 aromatic carbocycles. The molecule has 0 aliphatic carbocycles. The fourth-order valence-electron chi connectivity index (χ4n) is 1.90. The summed E-state index contributed by atoms with van der Waals surface area (Å²) in [4.78, 5) is 18.8. The van der Waals surface area contributed by atoms with E-state index in [-0.39, 0.29) is 0 Å². The second-order valence-electron chi connectivity index (χ2n) is 4.62. The Bertz CT molecular complexity index is 393. The molecule has 4 nitrogen and oxygen atoms in total. The number of ether oxygens (including phenoxy) is 1. The van der Waals surface area contributed by atoms with E-state index < -0.39 is 0 Å². The number of aromatic nitrogens is 1. The van der Waals surface area contributed by atoms with Gasteiger partial charge in [-0.15, -0.1) is 0 Å². The van der Waals surface area contributed by atoms with E-state index in [9.17, 15) is 4.79 Å². The number of carbonyl (C=O) groups is 1. The van der Waals surface area contributed by atoms with Gasteiger partial charge in [0, 0.05) is 19.7 Å². The average molecular weight is 284 g/mol. The summed E-state index contributed by atoms with van der Waals surface area (Å²) in [6.07, 6.45) is 3.84. The molecule has 0 N–H and O–H groups in total. The molecule has 0 aliphatic rings. The third-order valence-electron chi connectivity index (χ3n) is 3.22. The average Bonchev–Trinajstić information content (AvgIpc) is 2.82. The highest BCUT2D eigenvalue weighted by molar-refractivity contribution is 7.17. The van der Waals surface area contributed by atoms with Crippen LogP contribution in [-0.4, -0.2) is 37.6 Å². The molecule has 0 saturated heterocycles. The topological polar surface area (TPSA) is 42.4 Å². The molecule has 0 fully saturated rings. The zero-order chi connectivity index (χ0) is 14.3. The van der Waals surface area contributed by atoms with E-state index in [0.717, 1.165) is 47.8 Å². The van der Waals surface area contributed by atoms with Crippen molar-refractivity contribution in [2.45, 2.75) is 46.1 Å². The number of rotatable bonds is 9. The van der Waals surface area contributed by atoms with Gasteiger partial charge >= 0.3 is 0 Å². The van der Waals surface area contributed by atoms with Gasteiger partial charge in [-0.2, -0.15) is 0 Å². The van der Waals surface area contributed by atoms with Crippen LogP contribution in [0.3, 0.4) is 0 Å². The number of methoxy groups -OCH3 is 1. The maximum absolute atomic E-state index is 11.1. The molecule has 0 radical (unpaired) electrons. The smallest absolute Gasteiger partial charge is 0.186 e. The summed E-state index contributed by atoms with van der Waals surface area (Å²) in [6, 6.07) is 0.398. The van der Waals surface area contributed by atoms with Gasteiger partial charge in [-0.1, -0.05) is 31.6 Å². The van der Waals surface area contributed by atoms with E-state index in [1.165, 1.54) is 11.3 Å². The SMILES string of the molecule is CCCc1nc(N(CCOC)C(C)CC)sc1C=O. The first-order chi connectivity index (χ1) is 9.17. The Kier molecular flexibility index (Phi) is 7.02. The Morgan fingerprint density at radius 2 is 2.21 bits per heavy atom. The number of carbonyl (C=O) groups excluding carboxylic acids is 1. The summed E-state index contributed by atoms with van der Waals surface area (Å²) in [6.45, 7) is 7.92. The maximum Gasteiger partial charge on any atom is 0.186 e. The second kappa shape index (κ2) is 8.27. The summed E-state index contributed by atoms with van der Waals surface area (Å²) >= 11 is 1.49. The van der Waals surface area contributed by atoms with Gasteiger partial charge in [0.05, 0.1) is 17.2 Å². The van der Waals surface area contributed by atoms with Crippen molar-refractivity contribution >= 4 is 22.8 Å². The van der Waals surface area contributed by atoms with Crippen molar-refractivity contribution in [3.63, 3.8) is 0 Å². The van der Waals surface area contributed by atoms with Crippen LogP contribution in [0.2, 0.25) is 0 Å². The van der Waals surface area contributed by atoms with Crippen LogP contribution >= 0.6 is 11.3 Å². The van der Waals surface area contributed by atoms with Crippen molar-refractivity contribution in [1.29, 1.82) is 0 Å². The number of nitrogens with zero attached hydrogens (tertiary/aromatic N) is 2. The van der Waals surface area contributed by atoms with Gasteiger partial charge in [0.15, 0.2) is 11.4 Å². The molecule has 108 valence electrons. The highest BCUT2D eigenvalue weighted by Gasteiger charge is 2.19. The van der Waals surface area contributed by atoms with Crippen molar-refractivity contribution in [2.24, 2.45) is 0 Å². The molecule has 1 aromatic rings. The van der Waals surface area contributed by atoms with Gasteiger partial charge in [-0.3, -0.25) is 4.79 Å². The third kappa shape index (κ3) is 4.28. The largest absolute Gasteiger partial charge is 0.383 e. The van der Waals surface area contributed by atoms with Gasteiger partial charge in [0.25, 0.3) is 0 Å². The molecular weight excluding hydrogens is 260 g/mol. The van der Waals surface area contributed by atoms with Crippen LogP contribution in [0.5, 0.6) is 0 Å². The lowest BCUT2D eigenvalue weighted by molar-refractivity contribution is 0.112. The normalized spacial score (nSPS) is 12.4. The van der Waals surface area contributed by atoms with Gasteiger partial charge in [0.2, 0.25) is 0 Å². The van der Waals surface area contributed by atoms with Gasteiger partial charge in [0.1, 0.15) is 0 Å². The quantitative estimate of drug-likeness (QED) is 0.653. The molecule has 1 aromatic heterocycles. The standard InChI is InChI=1S/C14H24N2O2S/c1-5-7-12-13(10-17)19-14(15-12)16(8-9-18-4)11(3)6-2/h10-11H,5-9H2,1-4H3. The molecule has 0 saturated carbocycles. The number of aldehydes is 1. The van der Waals surface area contributed by atoms with Crippen LogP contribution < -0.4 is 4.90 Å². The fraction of sp³-hybridized carbons (Fsp3) is 0.714. The zero-order valence-corrected chi connectivity index (χ0v) is 13.1. The van der Waals surface area contributed by atoms with Crippen LogP contribution in [0, 0.1) is 0 Å². The van der Waals surface area contributed by atoms with Crippen molar-refractivity contribution in [1.82, 2.24) is 4.98 Å². The highest BCUT2D eigenvalue weighted by atomic mass is 32.1. The minimum Gasteiger partial charge on any atom is -0.383 e. The first kappa shape index (κ1) is 16.1. The fourth-order valence-corrected chi connectivity index (χ4v) is 2.95. The van der Waals surface area contributed by atoms with Crippen molar-refractivity contribution in [3.8, 4) is 0 Å². The van der Waals surface area contributed by atoms with E-state index >= 15 is 0 Å². The molecule has 0 spiro atoms. The molecule has 0 aliphatic heterocycles. The number of aryl methyl sites for hydroxylation is 1. The van der Waals surface area contributed by atoms with E-state index in [1.807, 2.05) is 0 Å². The highest BCUT2D eigenvalue weighted by Crippen LogP contribution is 2.28. The molecule has 0 bridgehead atoms. The molecule has 1 unspecified atom stereocenters. The Morgan fingerprint density at radius 1 is 1.47 bits per heavy atom. The van der Waals surface area contributed by atoms with Crippen LogP contribution in [0.4, 0.5) is 5.13 Å². The predicted octanol–water partition coefficient (Wildman–Crippen LogP) is 3.16. The van der Waals surface area contributed by atoms with Crippen LogP contribution in [0.25, 0.3) is 0 Å². The predicted molar refractivity (Wildman–Crippen MR) is 80.5 cm³/mol. The summed E-state index contributed by atoms with van der Waals surface area (Å²) in [5.41, 5.74) is 0.934. The van der Waals surface area contributed by atoms with E-state index in [4.69, 9.17) is 4.74 Å². The minimum absolute atomic E-state index is 0.398. The Morgan fingerprint density at radius 3 is 2.74 bits per heavy atom. The number of anilines is 1. The first-order valence-corrected chi connectivity index (χ1v) is 7.69. The summed E-state index contributed by atoms with van der Waals surface area (Å²) in [7, 11) is 1.70. The van der Waals surface area contributed by atoms with Crippen LogP contribution in [0.1, 0.15) is 49.0 Å². The number of hydrogen-bond donors (Lipinski definition) is 0. The Hall–Kier alpha value is -0.940. The Balaban J connectivity index is 2.97. The number of hydrogen-bond acceptors (Lipinski definition) is 5. The molecule has 5 heteroatoms. The maximum atomic E-state index is 11.1. The lowest BCUT2D eigenvalue weighted by Gasteiger charge is -2.27. The number of thiazole rings is 1. The van der Waals surface area contributed by atoms with Crippen molar-refractivity contribution in [3.05, 3.63) is 10.6 Å². The first-order valence-electron chi connectivity index (χ1n) is 6.88. The summed E-state index contributed by atoms with van der Waals surface area (Å²) in [5.74, 6) is 0. The molecule has 1 heterocycles. The minimum atomic E-state index is 0.398. The molecule has 19 heavy (non-hydrogen) atoms. The summed E-state index contributed by atoms with van der Waals surface area (Å²) in [5, 5.41) is 0.942. The molecule has 0 amide bonds. The molecular formula is C14H24N2O2S. The van der Waals surface area contributed by atoms with E-state index in [0.29, 0.717) is 12.6 Å². The summed E-state index contributed by atoms with van der Waals surface area (Å²) < 4.78 is 5.16. The van der Waals surface area contributed by atoms with Crippen LogP contribution in [-0.2, 0) is 11.2 Å². The third-order valence-corrected chi connectivity index (χ3v) is 4.28. The van der Waals surface area contributed by atoms with Crippen LogP contribution in [0.15, 0.2) is 0 Å². The van der Waals surface area contributed by atoms with E-state index in [1.54, 1.807) is 7.11 Å². The zero-order valence-electron chi connectivity index (χ0n) is 12.3. The lowest BCUT2D eigenvalue weighted by Crippen LogP contribution is -2.35. The van der Waals surface area contributed by atoms with Gasteiger partial charge in [-0.05, 0) is 19.8 Å². The molecule has 1 atom stereocenters. The monoisotopic (exact) mass is 284 g/mol. The van der Waals surface area contributed by atoms with Crippen molar-refractivity contribution in [2.75, 3.05) is 25.2 Å².